The van der Waals surface area contributed by atoms with Crippen molar-refractivity contribution in [3.63, 3.8) is 0 Å². The topological polar surface area (TPSA) is 29.3 Å². The summed E-state index contributed by atoms with van der Waals surface area (Å²) < 4.78 is 0. The van der Waals surface area contributed by atoms with Crippen molar-refractivity contribution in [2.75, 3.05) is 13.6 Å². The molecule has 1 aliphatic rings. The van der Waals surface area contributed by atoms with Crippen molar-refractivity contribution >= 4 is 11.6 Å². The van der Waals surface area contributed by atoms with Gasteiger partial charge in [-0.15, -0.1) is 0 Å². The van der Waals surface area contributed by atoms with Crippen molar-refractivity contribution in [2.45, 2.75) is 38.3 Å². The van der Waals surface area contributed by atoms with Gasteiger partial charge in [0.1, 0.15) is 0 Å². The number of likely N-dealkylation sites (N-methyl/N-ethyl adjacent to an activating group) is 1. The molecule has 2 rings (SSSR count). The van der Waals surface area contributed by atoms with Gasteiger partial charge in [-0.25, -0.2) is 0 Å². The van der Waals surface area contributed by atoms with Gasteiger partial charge in [0.05, 0.1) is 0 Å². The predicted molar refractivity (Wildman–Crippen MR) is 77.7 cm³/mol. The Kier molecular flexibility index (Phi) is 4.31. The Morgan fingerprint density at radius 3 is 2.72 bits per heavy atom. The molecule has 0 amide bonds. The van der Waals surface area contributed by atoms with E-state index in [0.29, 0.717) is 5.92 Å². The molecular formula is C15H23ClN2. The maximum atomic E-state index is 6.24. The summed E-state index contributed by atoms with van der Waals surface area (Å²) in [5.41, 5.74) is 7.42. The SMILES string of the molecule is CC1CCCC1(CN)N(C)Cc1ccccc1Cl. The second kappa shape index (κ2) is 5.60. The molecule has 2 N–H and O–H groups in total. The molecule has 0 heterocycles. The van der Waals surface area contributed by atoms with E-state index in [4.69, 9.17) is 17.3 Å². The van der Waals surface area contributed by atoms with Crippen LogP contribution in [0.15, 0.2) is 24.3 Å². The van der Waals surface area contributed by atoms with Gasteiger partial charge >= 0.3 is 0 Å². The van der Waals surface area contributed by atoms with E-state index in [1.807, 2.05) is 18.2 Å². The summed E-state index contributed by atoms with van der Waals surface area (Å²) in [7, 11) is 2.18. The van der Waals surface area contributed by atoms with Crippen molar-refractivity contribution in [1.29, 1.82) is 0 Å². The molecule has 2 unspecified atom stereocenters. The zero-order chi connectivity index (χ0) is 13.2. The lowest BCUT2D eigenvalue weighted by Gasteiger charge is -2.42. The van der Waals surface area contributed by atoms with Crippen molar-refractivity contribution in [3.05, 3.63) is 34.9 Å². The van der Waals surface area contributed by atoms with Crippen LogP contribution in [0.25, 0.3) is 0 Å². The number of nitrogens with two attached hydrogens (primary N) is 1. The van der Waals surface area contributed by atoms with E-state index < -0.39 is 0 Å². The highest BCUT2D eigenvalue weighted by Crippen LogP contribution is 2.39. The van der Waals surface area contributed by atoms with E-state index in [2.05, 4.69) is 24.9 Å². The highest BCUT2D eigenvalue weighted by atomic mass is 35.5. The van der Waals surface area contributed by atoms with Crippen LogP contribution in [-0.4, -0.2) is 24.0 Å². The lowest BCUT2D eigenvalue weighted by atomic mass is 9.86. The normalized spacial score (nSPS) is 27.9. The summed E-state index contributed by atoms with van der Waals surface area (Å²) in [5.74, 6) is 0.662. The summed E-state index contributed by atoms with van der Waals surface area (Å²) >= 11 is 6.24. The first-order valence-electron chi connectivity index (χ1n) is 6.75. The molecule has 1 aromatic rings. The highest BCUT2D eigenvalue weighted by molar-refractivity contribution is 6.31. The fourth-order valence-electron chi connectivity index (χ4n) is 3.30. The minimum absolute atomic E-state index is 0.152. The molecule has 3 heteroatoms. The zero-order valence-electron chi connectivity index (χ0n) is 11.3. The third kappa shape index (κ3) is 2.42. The first-order chi connectivity index (χ1) is 8.60. The first kappa shape index (κ1) is 13.9. The Hall–Kier alpha value is -0.570. The van der Waals surface area contributed by atoms with E-state index in [-0.39, 0.29) is 5.54 Å². The Bertz CT molecular complexity index is 407. The smallest absolute Gasteiger partial charge is 0.0451 e. The Balaban J connectivity index is 2.16. The lowest BCUT2D eigenvalue weighted by Crippen LogP contribution is -2.53. The number of hydrogen-bond acceptors (Lipinski definition) is 2. The van der Waals surface area contributed by atoms with Crippen molar-refractivity contribution in [3.8, 4) is 0 Å². The minimum atomic E-state index is 0.152. The van der Waals surface area contributed by atoms with E-state index in [9.17, 15) is 0 Å². The first-order valence-corrected chi connectivity index (χ1v) is 7.12. The lowest BCUT2D eigenvalue weighted by molar-refractivity contribution is 0.0842. The van der Waals surface area contributed by atoms with E-state index in [1.165, 1.54) is 24.8 Å². The Morgan fingerprint density at radius 1 is 1.44 bits per heavy atom. The second-order valence-electron chi connectivity index (χ2n) is 5.55. The van der Waals surface area contributed by atoms with Crippen LogP contribution in [0.1, 0.15) is 31.7 Å². The van der Waals surface area contributed by atoms with Crippen LogP contribution in [0.3, 0.4) is 0 Å². The number of nitrogens with zero attached hydrogens (tertiary/aromatic N) is 1. The standard InChI is InChI=1S/C15H23ClN2/c1-12-6-5-9-15(12,11-17)18(2)10-13-7-3-4-8-14(13)16/h3-4,7-8,12H,5-6,9-11,17H2,1-2H3. The maximum Gasteiger partial charge on any atom is 0.0451 e. The predicted octanol–water partition coefficient (Wildman–Crippen LogP) is 3.29. The van der Waals surface area contributed by atoms with Crippen molar-refractivity contribution < 1.29 is 0 Å². The van der Waals surface area contributed by atoms with Gasteiger partial charge in [-0.1, -0.05) is 43.1 Å². The maximum absolute atomic E-state index is 6.24. The molecule has 100 valence electrons. The molecule has 0 bridgehead atoms. The minimum Gasteiger partial charge on any atom is -0.329 e. The quantitative estimate of drug-likeness (QED) is 0.906. The number of rotatable bonds is 4. The average Bonchev–Trinajstić information content (AvgIpc) is 2.74. The van der Waals surface area contributed by atoms with Gasteiger partial charge in [-0.3, -0.25) is 4.90 Å². The molecule has 1 saturated carbocycles. The molecule has 0 spiro atoms. The zero-order valence-corrected chi connectivity index (χ0v) is 12.1. The summed E-state index contributed by atoms with van der Waals surface area (Å²) in [6, 6.07) is 8.07. The Morgan fingerprint density at radius 2 is 2.17 bits per heavy atom. The van der Waals surface area contributed by atoms with Crippen LogP contribution in [-0.2, 0) is 6.54 Å². The number of hydrogen-bond donors (Lipinski definition) is 1. The van der Waals surface area contributed by atoms with Gasteiger partial charge in [0, 0.05) is 23.7 Å². The summed E-state index contributed by atoms with van der Waals surface area (Å²) in [6.07, 6.45) is 3.76. The number of halogens is 1. The van der Waals surface area contributed by atoms with Gasteiger partial charge in [0.25, 0.3) is 0 Å². The van der Waals surface area contributed by atoms with E-state index >= 15 is 0 Å². The Labute approximate surface area is 115 Å². The molecule has 18 heavy (non-hydrogen) atoms. The van der Waals surface area contributed by atoms with Crippen LogP contribution in [0.5, 0.6) is 0 Å². The van der Waals surface area contributed by atoms with Crippen molar-refractivity contribution in [2.24, 2.45) is 11.7 Å². The number of benzene rings is 1. The summed E-state index contributed by atoms with van der Waals surface area (Å²) in [6.45, 7) is 3.93. The summed E-state index contributed by atoms with van der Waals surface area (Å²) in [4.78, 5) is 2.41. The monoisotopic (exact) mass is 266 g/mol. The molecule has 1 aliphatic carbocycles. The van der Waals surface area contributed by atoms with Gasteiger partial charge in [-0.05, 0) is 37.4 Å². The third-order valence-electron chi connectivity index (χ3n) is 4.64. The fourth-order valence-corrected chi connectivity index (χ4v) is 3.49. The van der Waals surface area contributed by atoms with Gasteiger partial charge in [-0.2, -0.15) is 0 Å². The third-order valence-corrected chi connectivity index (χ3v) is 5.01. The van der Waals surface area contributed by atoms with E-state index in [0.717, 1.165) is 18.1 Å². The molecular weight excluding hydrogens is 244 g/mol. The molecule has 0 saturated heterocycles. The van der Waals surface area contributed by atoms with Crippen LogP contribution in [0.2, 0.25) is 5.02 Å². The van der Waals surface area contributed by atoms with Crippen molar-refractivity contribution in [1.82, 2.24) is 4.90 Å². The average molecular weight is 267 g/mol. The van der Waals surface area contributed by atoms with Crippen LogP contribution < -0.4 is 5.73 Å². The fraction of sp³-hybridized carbons (Fsp3) is 0.600. The second-order valence-corrected chi connectivity index (χ2v) is 5.96. The molecule has 2 nitrogen and oxygen atoms in total. The highest BCUT2D eigenvalue weighted by Gasteiger charge is 2.42. The molecule has 0 aliphatic heterocycles. The van der Waals surface area contributed by atoms with Gasteiger partial charge in [0.15, 0.2) is 0 Å². The van der Waals surface area contributed by atoms with Gasteiger partial charge in [0.2, 0.25) is 0 Å². The molecule has 0 radical (unpaired) electrons. The largest absolute Gasteiger partial charge is 0.329 e. The van der Waals surface area contributed by atoms with Crippen LogP contribution >= 0.6 is 11.6 Å². The summed E-state index contributed by atoms with van der Waals surface area (Å²) in [5, 5.41) is 0.849. The van der Waals surface area contributed by atoms with E-state index in [1.54, 1.807) is 0 Å². The molecule has 1 fully saturated rings. The molecule has 1 aromatic carbocycles. The van der Waals surface area contributed by atoms with Crippen LogP contribution in [0.4, 0.5) is 0 Å². The molecule has 2 atom stereocenters. The molecule has 0 aromatic heterocycles. The van der Waals surface area contributed by atoms with Crippen LogP contribution in [0, 0.1) is 5.92 Å². The van der Waals surface area contributed by atoms with Gasteiger partial charge < -0.3 is 5.73 Å².